The smallest absolute Gasteiger partial charge is 0.0850 e. The van der Waals surface area contributed by atoms with E-state index in [0.717, 1.165) is 42.6 Å². The van der Waals surface area contributed by atoms with Crippen LogP contribution in [-0.4, -0.2) is 22.4 Å². The Hall–Kier alpha value is -0.540. The van der Waals surface area contributed by atoms with Gasteiger partial charge >= 0.3 is 0 Å². The first-order valence-corrected chi connectivity index (χ1v) is 7.50. The minimum atomic E-state index is 0.554. The molecular weight excluding hydrogens is 246 g/mol. The van der Waals surface area contributed by atoms with Gasteiger partial charge in [-0.3, -0.25) is 4.68 Å². The molecular formula is C14H24ClN3. The van der Waals surface area contributed by atoms with Gasteiger partial charge in [0.25, 0.3) is 0 Å². The molecule has 0 spiro atoms. The van der Waals surface area contributed by atoms with Crippen molar-refractivity contribution < 1.29 is 0 Å². The minimum absolute atomic E-state index is 0.554. The monoisotopic (exact) mass is 269 g/mol. The predicted molar refractivity (Wildman–Crippen MR) is 76.2 cm³/mol. The molecule has 1 N–H and O–H groups in total. The summed E-state index contributed by atoms with van der Waals surface area (Å²) in [6, 6.07) is 0.554. The van der Waals surface area contributed by atoms with Crippen LogP contribution >= 0.6 is 11.6 Å². The number of rotatable bonds is 4. The van der Waals surface area contributed by atoms with E-state index in [9.17, 15) is 0 Å². The van der Waals surface area contributed by atoms with Crippen LogP contribution in [0.5, 0.6) is 0 Å². The zero-order chi connectivity index (χ0) is 13.1. The molecule has 102 valence electrons. The highest BCUT2D eigenvalue weighted by Gasteiger charge is 2.22. The molecule has 18 heavy (non-hydrogen) atoms. The van der Waals surface area contributed by atoms with Gasteiger partial charge in [-0.2, -0.15) is 5.10 Å². The molecule has 0 amide bonds. The number of hydrogen-bond donors (Lipinski definition) is 1. The Morgan fingerprint density at radius 3 is 2.83 bits per heavy atom. The molecule has 1 aliphatic heterocycles. The van der Waals surface area contributed by atoms with E-state index in [1.54, 1.807) is 0 Å². The lowest BCUT2D eigenvalue weighted by Gasteiger charge is -2.28. The van der Waals surface area contributed by atoms with Gasteiger partial charge in [-0.05, 0) is 38.6 Å². The van der Waals surface area contributed by atoms with Gasteiger partial charge in [-0.15, -0.1) is 0 Å². The Morgan fingerprint density at radius 2 is 2.22 bits per heavy atom. The molecule has 1 saturated heterocycles. The Morgan fingerprint density at radius 1 is 1.44 bits per heavy atom. The van der Waals surface area contributed by atoms with Gasteiger partial charge < -0.3 is 5.32 Å². The highest BCUT2D eigenvalue weighted by Crippen LogP contribution is 2.25. The van der Waals surface area contributed by atoms with Crippen LogP contribution in [0.1, 0.15) is 45.0 Å². The summed E-state index contributed by atoms with van der Waals surface area (Å²) in [5.41, 5.74) is 2.25. The molecule has 1 aliphatic rings. The first-order chi connectivity index (χ1) is 8.65. The Labute approximate surface area is 115 Å². The van der Waals surface area contributed by atoms with E-state index >= 15 is 0 Å². The van der Waals surface area contributed by atoms with Crippen LogP contribution in [0, 0.1) is 5.92 Å². The summed E-state index contributed by atoms with van der Waals surface area (Å²) in [4.78, 5) is 0. The molecule has 0 aromatic carbocycles. The first-order valence-electron chi connectivity index (χ1n) is 7.13. The van der Waals surface area contributed by atoms with Crippen molar-refractivity contribution in [2.75, 3.05) is 6.54 Å². The topological polar surface area (TPSA) is 29.9 Å². The van der Waals surface area contributed by atoms with Crippen LogP contribution < -0.4 is 5.32 Å². The molecule has 1 aromatic heterocycles. The van der Waals surface area contributed by atoms with Gasteiger partial charge in [0.2, 0.25) is 0 Å². The molecule has 4 heteroatoms. The van der Waals surface area contributed by atoms with Gasteiger partial charge in [0.1, 0.15) is 0 Å². The molecule has 2 heterocycles. The number of hydrogen-bond acceptors (Lipinski definition) is 2. The summed E-state index contributed by atoms with van der Waals surface area (Å²) in [7, 11) is 0. The second-order valence-corrected chi connectivity index (χ2v) is 5.74. The largest absolute Gasteiger partial charge is 0.314 e. The summed E-state index contributed by atoms with van der Waals surface area (Å²) in [6.45, 7) is 8.60. The number of nitrogens with one attached hydrogen (secondary N) is 1. The fourth-order valence-electron chi connectivity index (χ4n) is 2.82. The summed E-state index contributed by atoms with van der Waals surface area (Å²) in [6.07, 6.45) is 4.45. The molecule has 1 aromatic rings. The minimum Gasteiger partial charge on any atom is -0.314 e. The average Bonchev–Trinajstić information content (AvgIpc) is 2.66. The van der Waals surface area contributed by atoms with Crippen molar-refractivity contribution in [3.63, 3.8) is 0 Å². The second-order valence-electron chi connectivity index (χ2n) is 5.36. The van der Waals surface area contributed by atoms with Gasteiger partial charge in [0.05, 0.1) is 16.4 Å². The number of aryl methyl sites for hydroxylation is 2. The van der Waals surface area contributed by atoms with E-state index < -0.39 is 0 Å². The molecule has 2 atom stereocenters. The van der Waals surface area contributed by atoms with E-state index in [0.29, 0.717) is 6.04 Å². The van der Waals surface area contributed by atoms with Crippen LogP contribution in [0.4, 0.5) is 0 Å². The van der Waals surface area contributed by atoms with Gasteiger partial charge in [0.15, 0.2) is 0 Å². The number of halogens is 1. The highest BCUT2D eigenvalue weighted by atomic mass is 35.5. The molecule has 3 nitrogen and oxygen atoms in total. The van der Waals surface area contributed by atoms with E-state index in [1.807, 2.05) is 0 Å². The lowest BCUT2D eigenvalue weighted by molar-refractivity contribution is 0.314. The molecule has 2 unspecified atom stereocenters. The summed E-state index contributed by atoms with van der Waals surface area (Å²) < 4.78 is 2.07. The SMILES string of the molecule is CCc1nn(CC)c(CC2CC(C)CCN2)c1Cl. The Kier molecular flexibility index (Phi) is 4.68. The van der Waals surface area contributed by atoms with E-state index in [4.69, 9.17) is 11.6 Å². The third kappa shape index (κ3) is 2.89. The summed E-state index contributed by atoms with van der Waals surface area (Å²) in [5, 5.41) is 9.08. The van der Waals surface area contributed by atoms with Crippen molar-refractivity contribution in [3.8, 4) is 0 Å². The van der Waals surface area contributed by atoms with Gasteiger partial charge in [-0.1, -0.05) is 25.4 Å². The Bertz CT molecular complexity index is 400. The van der Waals surface area contributed by atoms with Gasteiger partial charge in [-0.25, -0.2) is 0 Å². The number of aromatic nitrogens is 2. The third-order valence-electron chi connectivity index (χ3n) is 3.89. The summed E-state index contributed by atoms with van der Waals surface area (Å²) >= 11 is 6.45. The lowest BCUT2D eigenvalue weighted by Crippen LogP contribution is -2.39. The van der Waals surface area contributed by atoms with E-state index in [-0.39, 0.29) is 0 Å². The predicted octanol–water partition coefficient (Wildman–Crippen LogP) is 3.05. The quantitative estimate of drug-likeness (QED) is 0.911. The number of nitrogens with zero attached hydrogens (tertiary/aromatic N) is 2. The molecule has 0 aliphatic carbocycles. The maximum Gasteiger partial charge on any atom is 0.0850 e. The molecule has 0 radical (unpaired) electrons. The van der Waals surface area contributed by atoms with Gasteiger partial charge in [0, 0.05) is 19.0 Å². The van der Waals surface area contributed by atoms with Crippen molar-refractivity contribution >= 4 is 11.6 Å². The average molecular weight is 270 g/mol. The zero-order valence-corrected chi connectivity index (χ0v) is 12.4. The van der Waals surface area contributed by atoms with E-state index in [2.05, 4.69) is 35.9 Å². The van der Waals surface area contributed by atoms with Crippen LogP contribution in [0.15, 0.2) is 0 Å². The van der Waals surface area contributed by atoms with E-state index in [1.165, 1.54) is 18.5 Å². The van der Waals surface area contributed by atoms with Crippen LogP contribution in [0.2, 0.25) is 5.02 Å². The normalized spacial score (nSPS) is 24.4. The van der Waals surface area contributed by atoms with Crippen LogP contribution in [0.3, 0.4) is 0 Å². The highest BCUT2D eigenvalue weighted by molar-refractivity contribution is 6.31. The zero-order valence-electron chi connectivity index (χ0n) is 11.7. The lowest BCUT2D eigenvalue weighted by atomic mass is 9.92. The van der Waals surface area contributed by atoms with Crippen LogP contribution in [-0.2, 0) is 19.4 Å². The first kappa shape index (κ1) is 13.9. The Balaban J connectivity index is 2.14. The fourth-order valence-corrected chi connectivity index (χ4v) is 3.17. The fraction of sp³-hybridized carbons (Fsp3) is 0.786. The molecule has 0 bridgehead atoms. The van der Waals surface area contributed by atoms with Crippen molar-refractivity contribution in [2.45, 2.75) is 59.0 Å². The summed E-state index contributed by atoms with van der Waals surface area (Å²) in [5.74, 6) is 0.818. The molecule has 0 saturated carbocycles. The maximum atomic E-state index is 6.45. The molecule has 1 fully saturated rings. The van der Waals surface area contributed by atoms with Crippen molar-refractivity contribution in [3.05, 3.63) is 16.4 Å². The number of piperidine rings is 1. The molecule has 2 rings (SSSR count). The van der Waals surface area contributed by atoms with Crippen molar-refractivity contribution in [1.82, 2.24) is 15.1 Å². The maximum absolute atomic E-state index is 6.45. The van der Waals surface area contributed by atoms with Crippen LogP contribution in [0.25, 0.3) is 0 Å². The third-order valence-corrected chi connectivity index (χ3v) is 4.33. The van der Waals surface area contributed by atoms with Crippen molar-refractivity contribution in [1.29, 1.82) is 0 Å². The standard InChI is InChI=1S/C14H24ClN3/c1-4-12-14(15)13(18(5-2)17-12)9-11-8-10(3)6-7-16-11/h10-11,16H,4-9H2,1-3H3. The second kappa shape index (κ2) is 6.07. The van der Waals surface area contributed by atoms with Crippen molar-refractivity contribution in [2.24, 2.45) is 5.92 Å².